The predicted molar refractivity (Wildman–Crippen MR) is 96.5 cm³/mol. The highest BCUT2D eigenvalue weighted by Gasteiger charge is 2.36. The fraction of sp³-hybridized carbons (Fsp3) is 0.333. The summed E-state index contributed by atoms with van der Waals surface area (Å²) in [5.41, 5.74) is 0.459. The Hall–Kier alpha value is -1.60. The molecule has 0 amide bonds. The van der Waals surface area contributed by atoms with Crippen molar-refractivity contribution in [1.82, 2.24) is 4.72 Å². The third kappa shape index (κ3) is 3.67. The Morgan fingerprint density at radius 2 is 2.04 bits per heavy atom. The second-order valence-corrected chi connectivity index (χ2v) is 8.31. The highest BCUT2D eigenvalue weighted by Crippen LogP contribution is 2.37. The molecule has 0 radical (unpaired) electrons. The highest BCUT2D eigenvalue weighted by molar-refractivity contribution is 7.89. The molecular weight excluding hydrogens is 362 g/mol. The average molecular weight is 382 g/mol. The molecule has 1 atom stereocenters. The Bertz CT molecular complexity index is 884. The molecule has 0 heterocycles. The molecule has 0 bridgehead atoms. The van der Waals surface area contributed by atoms with Gasteiger partial charge in [-0.3, -0.25) is 0 Å². The molecule has 134 valence electrons. The number of nitrogens with one attached hydrogen (secondary N) is 1. The van der Waals surface area contributed by atoms with E-state index in [1.54, 1.807) is 31.4 Å². The van der Waals surface area contributed by atoms with E-state index in [2.05, 4.69) is 4.72 Å². The standard InChI is InChI=1S/C18H20ClNO4S/c1-24-14-8-9-15-13(11-14)5-4-10-18(15,21)12-20-25(22,23)17-7-3-2-6-16(17)19/h2-3,6-9,11,20-21H,4-5,10,12H2,1H3/t18-/m0/s1. The maximum absolute atomic E-state index is 12.5. The van der Waals surface area contributed by atoms with Crippen LogP contribution in [0, 0.1) is 0 Å². The van der Waals surface area contributed by atoms with Crippen LogP contribution in [-0.2, 0) is 22.0 Å². The lowest BCUT2D eigenvalue weighted by molar-refractivity contribution is 0.0242. The van der Waals surface area contributed by atoms with Gasteiger partial charge in [-0.2, -0.15) is 0 Å². The molecule has 2 aromatic carbocycles. The first kappa shape index (κ1) is 18.2. The first-order valence-corrected chi connectivity index (χ1v) is 9.86. The van der Waals surface area contributed by atoms with Crippen LogP contribution in [0.25, 0.3) is 0 Å². The quantitative estimate of drug-likeness (QED) is 0.835. The van der Waals surface area contributed by atoms with Crippen LogP contribution in [0.15, 0.2) is 47.4 Å². The molecule has 25 heavy (non-hydrogen) atoms. The number of rotatable bonds is 5. The van der Waals surface area contributed by atoms with E-state index in [9.17, 15) is 13.5 Å². The van der Waals surface area contributed by atoms with Gasteiger partial charge in [-0.1, -0.05) is 29.8 Å². The van der Waals surface area contributed by atoms with E-state index in [-0.39, 0.29) is 16.5 Å². The van der Waals surface area contributed by atoms with Gasteiger partial charge in [0.05, 0.1) is 12.1 Å². The first-order chi connectivity index (χ1) is 11.9. The first-order valence-electron chi connectivity index (χ1n) is 8.00. The fourth-order valence-electron chi connectivity index (χ4n) is 3.20. The lowest BCUT2D eigenvalue weighted by Crippen LogP contribution is -2.43. The number of aryl methyl sites for hydroxylation is 1. The van der Waals surface area contributed by atoms with Crippen molar-refractivity contribution in [3.8, 4) is 5.75 Å². The second-order valence-electron chi connectivity index (χ2n) is 6.16. The summed E-state index contributed by atoms with van der Waals surface area (Å²) in [6, 6.07) is 11.7. The monoisotopic (exact) mass is 381 g/mol. The van der Waals surface area contributed by atoms with E-state index in [0.717, 1.165) is 29.7 Å². The molecule has 0 unspecified atom stereocenters. The Labute approximate surface area is 152 Å². The van der Waals surface area contributed by atoms with Crippen LogP contribution in [0.2, 0.25) is 5.02 Å². The molecule has 0 fully saturated rings. The summed E-state index contributed by atoms with van der Waals surface area (Å²) in [5.74, 6) is 0.722. The topological polar surface area (TPSA) is 75.6 Å². The maximum atomic E-state index is 12.5. The van der Waals surface area contributed by atoms with E-state index in [1.165, 1.54) is 12.1 Å². The van der Waals surface area contributed by atoms with Crippen molar-refractivity contribution >= 4 is 21.6 Å². The summed E-state index contributed by atoms with van der Waals surface area (Å²) in [6.45, 7) is -0.111. The summed E-state index contributed by atoms with van der Waals surface area (Å²) in [7, 11) is -2.22. The summed E-state index contributed by atoms with van der Waals surface area (Å²) in [4.78, 5) is 0.00558. The highest BCUT2D eigenvalue weighted by atomic mass is 35.5. The van der Waals surface area contributed by atoms with E-state index >= 15 is 0 Å². The van der Waals surface area contributed by atoms with Gasteiger partial charge in [-0.25, -0.2) is 13.1 Å². The molecule has 1 aliphatic carbocycles. The minimum absolute atomic E-state index is 0.00558. The van der Waals surface area contributed by atoms with Crippen LogP contribution >= 0.6 is 11.6 Å². The van der Waals surface area contributed by atoms with E-state index in [0.29, 0.717) is 6.42 Å². The third-order valence-corrected chi connectivity index (χ3v) is 6.43. The predicted octanol–water partition coefficient (Wildman–Crippen LogP) is 2.85. The van der Waals surface area contributed by atoms with E-state index in [4.69, 9.17) is 16.3 Å². The van der Waals surface area contributed by atoms with Crippen molar-refractivity contribution in [3.05, 3.63) is 58.6 Å². The molecule has 0 saturated heterocycles. The smallest absolute Gasteiger partial charge is 0.242 e. The minimum Gasteiger partial charge on any atom is -0.497 e. The molecule has 0 spiro atoms. The van der Waals surface area contributed by atoms with Gasteiger partial charge < -0.3 is 9.84 Å². The summed E-state index contributed by atoms with van der Waals surface area (Å²) < 4.78 is 32.8. The largest absolute Gasteiger partial charge is 0.497 e. The maximum Gasteiger partial charge on any atom is 0.242 e. The number of fused-ring (bicyclic) bond motifs is 1. The molecule has 1 aliphatic rings. The number of halogens is 1. The molecule has 3 rings (SSSR count). The van der Waals surface area contributed by atoms with Crippen LogP contribution in [-0.4, -0.2) is 27.2 Å². The van der Waals surface area contributed by atoms with Crippen molar-refractivity contribution in [2.75, 3.05) is 13.7 Å². The van der Waals surface area contributed by atoms with Crippen molar-refractivity contribution in [1.29, 1.82) is 0 Å². The minimum atomic E-state index is -3.81. The van der Waals surface area contributed by atoms with Crippen molar-refractivity contribution in [2.45, 2.75) is 29.8 Å². The van der Waals surface area contributed by atoms with Gasteiger partial charge >= 0.3 is 0 Å². The molecule has 2 N–H and O–H groups in total. The zero-order valence-corrected chi connectivity index (χ0v) is 15.4. The zero-order chi connectivity index (χ0) is 18.1. The molecule has 0 saturated carbocycles. The molecular formula is C18H20ClNO4S. The third-order valence-electron chi connectivity index (χ3n) is 4.53. The van der Waals surface area contributed by atoms with Crippen LogP contribution < -0.4 is 9.46 Å². The molecule has 7 heteroatoms. The van der Waals surface area contributed by atoms with Crippen molar-refractivity contribution < 1.29 is 18.3 Å². The molecule has 0 aromatic heterocycles. The van der Waals surface area contributed by atoms with Gasteiger partial charge in [0.15, 0.2) is 0 Å². The normalized spacial score (nSPS) is 20.1. The second kappa shape index (κ2) is 6.96. The number of methoxy groups -OCH3 is 1. The fourth-order valence-corrected chi connectivity index (χ4v) is 4.81. The van der Waals surface area contributed by atoms with Gasteiger partial charge in [0.25, 0.3) is 0 Å². The number of hydrogen-bond donors (Lipinski definition) is 2. The van der Waals surface area contributed by atoms with Crippen LogP contribution in [0.1, 0.15) is 24.0 Å². The number of benzene rings is 2. The van der Waals surface area contributed by atoms with Crippen LogP contribution in [0.3, 0.4) is 0 Å². The Kier molecular flexibility index (Phi) is 5.06. The van der Waals surface area contributed by atoms with Crippen LogP contribution in [0.5, 0.6) is 5.75 Å². The van der Waals surface area contributed by atoms with Gasteiger partial charge in [-0.05, 0) is 54.7 Å². The number of aliphatic hydroxyl groups is 1. The lowest BCUT2D eigenvalue weighted by Gasteiger charge is -2.34. The Morgan fingerprint density at radius 1 is 1.28 bits per heavy atom. The Balaban J connectivity index is 1.85. The lowest BCUT2D eigenvalue weighted by atomic mass is 9.79. The van der Waals surface area contributed by atoms with Gasteiger partial charge in [0.1, 0.15) is 16.2 Å². The van der Waals surface area contributed by atoms with Crippen molar-refractivity contribution in [3.63, 3.8) is 0 Å². The number of hydrogen-bond acceptors (Lipinski definition) is 4. The average Bonchev–Trinajstić information content (AvgIpc) is 2.60. The molecule has 5 nitrogen and oxygen atoms in total. The Morgan fingerprint density at radius 3 is 2.76 bits per heavy atom. The summed E-state index contributed by atoms with van der Waals surface area (Å²) >= 11 is 5.98. The van der Waals surface area contributed by atoms with E-state index in [1.807, 2.05) is 6.07 Å². The van der Waals surface area contributed by atoms with Crippen molar-refractivity contribution in [2.24, 2.45) is 0 Å². The summed E-state index contributed by atoms with van der Waals surface area (Å²) in [5, 5.41) is 11.2. The van der Waals surface area contributed by atoms with E-state index < -0.39 is 15.6 Å². The van der Waals surface area contributed by atoms with Gasteiger partial charge in [-0.15, -0.1) is 0 Å². The number of ether oxygens (including phenoxy) is 1. The zero-order valence-electron chi connectivity index (χ0n) is 13.8. The van der Waals surface area contributed by atoms with Gasteiger partial charge in [0.2, 0.25) is 10.0 Å². The molecule has 0 aliphatic heterocycles. The molecule has 2 aromatic rings. The van der Waals surface area contributed by atoms with Crippen LogP contribution in [0.4, 0.5) is 0 Å². The van der Waals surface area contributed by atoms with Gasteiger partial charge in [0, 0.05) is 6.54 Å². The summed E-state index contributed by atoms with van der Waals surface area (Å²) in [6.07, 6.45) is 2.08. The number of sulfonamides is 1. The SMILES string of the molecule is COc1ccc2c(c1)CCC[C@]2(O)CNS(=O)(=O)c1ccccc1Cl.